The predicted octanol–water partition coefficient (Wildman–Crippen LogP) is 3.60. The van der Waals surface area contributed by atoms with Gasteiger partial charge in [-0.25, -0.2) is 9.97 Å². The molecule has 40 heavy (non-hydrogen) atoms. The van der Waals surface area contributed by atoms with Gasteiger partial charge in [-0.15, -0.1) is 10.2 Å². The van der Waals surface area contributed by atoms with Crippen LogP contribution in [0.1, 0.15) is 50.4 Å². The van der Waals surface area contributed by atoms with E-state index in [2.05, 4.69) is 64.4 Å². The van der Waals surface area contributed by atoms with Crippen LogP contribution in [0.2, 0.25) is 0 Å². The summed E-state index contributed by atoms with van der Waals surface area (Å²) >= 11 is 0. The van der Waals surface area contributed by atoms with Crippen LogP contribution in [0.3, 0.4) is 0 Å². The number of methoxy groups -OCH3 is 1. The molecule has 6 rings (SSSR count). The van der Waals surface area contributed by atoms with Crippen LogP contribution in [-0.4, -0.2) is 79.8 Å². The van der Waals surface area contributed by atoms with Crippen LogP contribution in [0.4, 0.5) is 23.3 Å². The third-order valence-corrected chi connectivity index (χ3v) is 8.39. The summed E-state index contributed by atoms with van der Waals surface area (Å²) in [5.74, 6) is 3.69. The number of nitrogens with one attached hydrogen (secondary N) is 1. The average molecular weight is 544 g/mol. The highest BCUT2D eigenvalue weighted by molar-refractivity contribution is 5.98. The van der Waals surface area contributed by atoms with Crippen LogP contribution >= 0.6 is 0 Å². The number of rotatable bonds is 7. The molecule has 1 aromatic carbocycles. The molecule has 210 valence electrons. The van der Waals surface area contributed by atoms with E-state index in [4.69, 9.17) is 14.7 Å². The van der Waals surface area contributed by atoms with Gasteiger partial charge in [-0.3, -0.25) is 0 Å². The van der Waals surface area contributed by atoms with Crippen LogP contribution in [0, 0.1) is 0 Å². The second kappa shape index (κ2) is 10.6. The molecule has 0 amide bonds. The largest absolute Gasteiger partial charge is 0.389 e. The zero-order chi connectivity index (χ0) is 28.0. The molecule has 4 aromatic rings. The molecule has 3 aromatic heterocycles. The summed E-state index contributed by atoms with van der Waals surface area (Å²) in [6.45, 7) is 8.73. The second-order valence-electron chi connectivity index (χ2n) is 11.2. The number of pyridine rings is 1. The van der Waals surface area contributed by atoms with E-state index in [0.29, 0.717) is 36.2 Å². The zero-order valence-electron chi connectivity index (χ0n) is 23.7. The second-order valence-corrected chi connectivity index (χ2v) is 11.2. The molecule has 11 heteroatoms. The minimum atomic E-state index is -0.574. The van der Waals surface area contributed by atoms with Crippen molar-refractivity contribution in [1.29, 1.82) is 0 Å². The van der Waals surface area contributed by atoms with E-state index in [9.17, 15) is 5.11 Å². The van der Waals surface area contributed by atoms with Crippen molar-refractivity contribution in [2.24, 2.45) is 7.05 Å². The fourth-order valence-electron chi connectivity index (χ4n) is 5.99. The Morgan fingerprint density at radius 1 is 1.10 bits per heavy atom. The molecule has 0 aliphatic carbocycles. The number of hydrogen-bond acceptors (Lipinski definition) is 10. The number of aryl methyl sites for hydroxylation is 1. The zero-order valence-corrected chi connectivity index (χ0v) is 23.7. The number of ether oxygens (including phenoxy) is 1. The van der Waals surface area contributed by atoms with Gasteiger partial charge in [-0.05, 0) is 48.4 Å². The Bertz CT molecular complexity index is 1510. The van der Waals surface area contributed by atoms with Gasteiger partial charge in [-0.1, -0.05) is 19.9 Å². The van der Waals surface area contributed by atoms with E-state index >= 15 is 0 Å². The molecular weight excluding hydrogens is 506 g/mol. The van der Waals surface area contributed by atoms with Crippen LogP contribution in [-0.2, 0) is 11.8 Å². The standard InChI is InChI=1S/C29H37N9O2/c1-17(2)19-6-7-23(38-14-22(18(38)3)28-35-32-16-36(28)4)21-13-31-27(12-20(19)21)33-26-8-10-30-29(34-26)37-11-9-25(40-5)24(39)15-37/h6-8,10,12-13,16-18,22,24-25,39H,9,11,14-15H2,1-5H3,(H,30,31,33,34)/t18-,22?,24-,25-/m0/s1. The number of aliphatic hydroxyl groups excluding tert-OH is 1. The number of benzene rings is 1. The molecule has 1 unspecified atom stereocenters. The molecule has 0 spiro atoms. The highest BCUT2D eigenvalue weighted by Crippen LogP contribution is 2.42. The molecule has 2 saturated heterocycles. The summed E-state index contributed by atoms with van der Waals surface area (Å²) in [4.78, 5) is 18.4. The van der Waals surface area contributed by atoms with E-state index < -0.39 is 6.10 Å². The number of hydrogen-bond donors (Lipinski definition) is 2. The highest BCUT2D eigenvalue weighted by Gasteiger charge is 2.40. The summed E-state index contributed by atoms with van der Waals surface area (Å²) in [5, 5.41) is 24.5. The summed E-state index contributed by atoms with van der Waals surface area (Å²) in [7, 11) is 3.64. The third kappa shape index (κ3) is 4.73. The van der Waals surface area contributed by atoms with Crippen molar-refractivity contribution in [3.8, 4) is 0 Å². The van der Waals surface area contributed by atoms with E-state index in [1.807, 2.05) is 28.8 Å². The monoisotopic (exact) mass is 543 g/mol. The van der Waals surface area contributed by atoms with Gasteiger partial charge in [-0.2, -0.15) is 4.98 Å². The molecule has 0 saturated carbocycles. The molecule has 2 aliphatic heterocycles. The number of β-amino-alcohol motifs (C(OH)–C–C–N with tert-alkyl or cyclic N) is 1. The van der Waals surface area contributed by atoms with Gasteiger partial charge in [0.15, 0.2) is 0 Å². The minimum absolute atomic E-state index is 0.156. The van der Waals surface area contributed by atoms with Crippen molar-refractivity contribution in [2.75, 3.05) is 41.9 Å². The number of aromatic nitrogens is 6. The summed E-state index contributed by atoms with van der Waals surface area (Å²) in [6.07, 6.45) is 5.46. The first-order valence-electron chi connectivity index (χ1n) is 13.9. The smallest absolute Gasteiger partial charge is 0.227 e. The quantitative estimate of drug-likeness (QED) is 0.358. The first kappa shape index (κ1) is 26.4. The molecule has 11 nitrogen and oxygen atoms in total. The molecule has 0 bridgehead atoms. The SMILES string of the molecule is CO[C@H]1CCN(c2nccc(Nc3cc4c(C(C)C)ccc(N5CC(c6nncn6C)[C@@H]5C)c4cn3)n2)C[C@@H]1O. The van der Waals surface area contributed by atoms with Crippen LogP contribution in [0.25, 0.3) is 10.8 Å². The molecule has 4 atom stereocenters. The van der Waals surface area contributed by atoms with E-state index in [0.717, 1.165) is 36.5 Å². The summed E-state index contributed by atoms with van der Waals surface area (Å²) in [6, 6.07) is 8.73. The van der Waals surface area contributed by atoms with Gasteiger partial charge in [0.05, 0.1) is 18.1 Å². The molecule has 2 N–H and O–H groups in total. The maximum Gasteiger partial charge on any atom is 0.227 e. The third-order valence-electron chi connectivity index (χ3n) is 8.39. The van der Waals surface area contributed by atoms with Gasteiger partial charge in [0.1, 0.15) is 23.8 Å². The van der Waals surface area contributed by atoms with Crippen molar-refractivity contribution >= 4 is 34.0 Å². The maximum absolute atomic E-state index is 10.4. The number of aliphatic hydroxyl groups is 1. The Balaban J connectivity index is 1.26. The Kier molecular flexibility index (Phi) is 7.01. The van der Waals surface area contributed by atoms with E-state index in [-0.39, 0.29) is 6.10 Å². The van der Waals surface area contributed by atoms with Gasteiger partial charge >= 0.3 is 0 Å². The van der Waals surface area contributed by atoms with Gasteiger partial charge < -0.3 is 29.5 Å². The van der Waals surface area contributed by atoms with Crippen molar-refractivity contribution in [2.45, 2.75) is 57.3 Å². The normalized spacial score (nSPS) is 23.1. The average Bonchev–Trinajstić information content (AvgIpc) is 3.37. The first-order valence-corrected chi connectivity index (χ1v) is 13.9. The van der Waals surface area contributed by atoms with Gasteiger partial charge in [0, 0.05) is 63.3 Å². The van der Waals surface area contributed by atoms with E-state index in [1.165, 1.54) is 16.6 Å². The Morgan fingerprint density at radius 2 is 1.95 bits per heavy atom. The van der Waals surface area contributed by atoms with Crippen LogP contribution in [0.15, 0.2) is 43.0 Å². The van der Waals surface area contributed by atoms with Crippen LogP contribution < -0.4 is 15.1 Å². The lowest BCUT2D eigenvalue weighted by atomic mass is 9.86. The van der Waals surface area contributed by atoms with Gasteiger partial charge in [0.25, 0.3) is 0 Å². The Labute approximate surface area is 234 Å². The minimum Gasteiger partial charge on any atom is -0.389 e. The van der Waals surface area contributed by atoms with Crippen molar-refractivity contribution in [3.63, 3.8) is 0 Å². The lowest BCUT2D eigenvalue weighted by molar-refractivity contribution is -0.0219. The molecule has 0 radical (unpaired) electrons. The Hall–Kier alpha value is -3.83. The Morgan fingerprint density at radius 3 is 2.65 bits per heavy atom. The first-order chi connectivity index (χ1) is 19.3. The van der Waals surface area contributed by atoms with Crippen molar-refractivity contribution in [3.05, 3.63) is 54.4 Å². The van der Waals surface area contributed by atoms with Gasteiger partial charge in [0.2, 0.25) is 5.95 Å². The predicted molar refractivity (Wildman–Crippen MR) is 155 cm³/mol. The number of nitrogens with zero attached hydrogens (tertiary/aromatic N) is 8. The number of anilines is 4. The maximum atomic E-state index is 10.4. The molecule has 2 aliphatic rings. The summed E-state index contributed by atoms with van der Waals surface area (Å²) < 4.78 is 7.39. The lowest BCUT2D eigenvalue weighted by Gasteiger charge is -2.47. The van der Waals surface area contributed by atoms with Crippen molar-refractivity contribution in [1.82, 2.24) is 29.7 Å². The fraction of sp³-hybridized carbons (Fsp3) is 0.483. The summed E-state index contributed by atoms with van der Waals surface area (Å²) in [5.41, 5.74) is 2.47. The molecular formula is C29H37N9O2. The topological polar surface area (TPSA) is 117 Å². The number of fused-ring (bicyclic) bond motifs is 1. The van der Waals surface area contributed by atoms with Crippen LogP contribution in [0.5, 0.6) is 0 Å². The number of piperidine rings is 1. The lowest BCUT2D eigenvalue weighted by Crippen LogP contribution is -2.54. The molecule has 5 heterocycles. The van der Waals surface area contributed by atoms with E-state index in [1.54, 1.807) is 19.6 Å². The highest BCUT2D eigenvalue weighted by atomic mass is 16.5. The van der Waals surface area contributed by atoms with Crippen molar-refractivity contribution < 1.29 is 9.84 Å². The molecule has 2 fully saturated rings. The fourth-order valence-corrected chi connectivity index (χ4v) is 5.99.